The Kier molecular flexibility index (Phi) is 6.56. The summed E-state index contributed by atoms with van der Waals surface area (Å²) in [5.41, 5.74) is 3.41. The third-order valence-electron chi connectivity index (χ3n) is 4.24. The van der Waals surface area contributed by atoms with Crippen molar-refractivity contribution in [2.75, 3.05) is 0 Å². The number of halogens is 2. The highest BCUT2D eigenvalue weighted by atomic mass is 35.5. The molecule has 1 atom stereocenters. The Morgan fingerprint density at radius 3 is 2.35 bits per heavy atom. The second-order valence-corrected chi connectivity index (χ2v) is 7.03. The maximum Gasteiger partial charge on any atom is 0.119 e. The Labute approximate surface area is 164 Å². The van der Waals surface area contributed by atoms with Gasteiger partial charge in [-0.1, -0.05) is 71.7 Å². The first-order valence-corrected chi connectivity index (χ1v) is 9.31. The average Bonchev–Trinajstić information content (AvgIpc) is 2.67. The molecule has 26 heavy (non-hydrogen) atoms. The number of hydrogen-bond acceptors (Lipinski definition) is 2. The summed E-state index contributed by atoms with van der Waals surface area (Å²) in [5.74, 6) is 0.816. The Morgan fingerprint density at radius 2 is 1.65 bits per heavy atom. The van der Waals surface area contributed by atoms with E-state index in [2.05, 4.69) is 48.6 Å². The highest BCUT2D eigenvalue weighted by Gasteiger charge is 2.05. The maximum absolute atomic E-state index is 6.17. The lowest BCUT2D eigenvalue weighted by molar-refractivity contribution is 0.306. The Morgan fingerprint density at radius 1 is 0.923 bits per heavy atom. The summed E-state index contributed by atoms with van der Waals surface area (Å²) in [6, 6.07) is 24.3. The fourth-order valence-corrected chi connectivity index (χ4v) is 3.10. The number of hydrogen-bond donors (Lipinski definition) is 1. The van der Waals surface area contributed by atoms with E-state index in [-0.39, 0.29) is 0 Å². The van der Waals surface area contributed by atoms with Gasteiger partial charge in [-0.15, -0.1) is 0 Å². The number of benzene rings is 3. The summed E-state index contributed by atoms with van der Waals surface area (Å²) >= 11 is 12.1. The standard InChI is InChI=1S/C22H21Cl2NO/c1-16(18-5-3-2-4-6-18)25-14-17-7-11-21(12-8-17)26-15-19-9-10-20(23)13-22(19)24/h2-13,16,25H,14-15H2,1H3. The summed E-state index contributed by atoms with van der Waals surface area (Å²) in [6.45, 7) is 3.39. The van der Waals surface area contributed by atoms with Crippen molar-refractivity contribution in [3.05, 3.63) is 99.5 Å². The highest BCUT2D eigenvalue weighted by molar-refractivity contribution is 6.35. The fraction of sp³-hybridized carbons (Fsp3) is 0.182. The molecule has 1 N–H and O–H groups in total. The first-order chi connectivity index (χ1) is 12.6. The molecule has 0 heterocycles. The molecule has 1 unspecified atom stereocenters. The van der Waals surface area contributed by atoms with Gasteiger partial charge in [-0.3, -0.25) is 0 Å². The van der Waals surface area contributed by atoms with Crippen molar-refractivity contribution in [2.24, 2.45) is 0 Å². The lowest BCUT2D eigenvalue weighted by Gasteiger charge is -2.14. The van der Waals surface area contributed by atoms with Gasteiger partial charge in [0.15, 0.2) is 0 Å². The maximum atomic E-state index is 6.17. The summed E-state index contributed by atoms with van der Waals surface area (Å²) in [5, 5.41) is 4.78. The second kappa shape index (κ2) is 9.09. The van der Waals surface area contributed by atoms with Gasteiger partial charge in [0, 0.05) is 28.2 Å². The van der Waals surface area contributed by atoms with Crippen LogP contribution in [0.2, 0.25) is 10.0 Å². The van der Waals surface area contributed by atoms with Crippen LogP contribution in [0.4, 0.5) is 0 Å². The molecule has 134 valence electrons. The molecule has 0 saturated heterocycles. The molecule has 3 aromatic rings. The van der Waals surface area contributed by atoms with Crippen LogP contribution in [0.25, 0.3) is 0 Å². The molecule has 0 spiro atoms. The molecule has 0 amide bonds. The van der Waals surface area contributed by atoms with Gasteiger partial charge in [-0.25, -0.2) is 0 Å². The summed E-state index contributed by atoms with van der Waals surface area (Å²) < 4.78 is 5.81. The van der Waals surface area contributed by atoms with Crippen LogP contribution in [0.3, 0.4) is 0 Å². The summed E-state index contributed by atoms with van der Waals surface area (Å²) in [7, 11) is 0. The van der Waals surface area contributed by atoms with Gasteiger partial charge in [0.25, 0.3) is 0 Å². The van der Waals surface area contributed by atoms with Crippen molar-refractivity contribution >= 4 is 23.2 Å². The molecule has 3 aromatic carbocycles. The molecule has 4 heteroatoms. The predicted molar refractivity (Wildman–Crippen MR) is 109 cm³/mol. The third kappa shape index (κ3) is 5.25. The number of rotatable bonds is 7. The van der Waals surface area contributed by atoms with Gasteiger partial charge in [-0.05, 0) is 42.3 Å². The molecule has 0 aromatic heterocycles. The molecule has 0 aliphatic rings. The van der Waals surface area contributed by atoms with Crippen molar-refractivity contribution in [3.63, 3.8) is 0 Å². The fourth-order valence-electron chi connectivity index (χ4n) is 2.63. The first kappa shape index (κ1) is 18.8. The van der Waals surface area contributed by atoms with E-state index >= 15 is 0 Å². The third-order valence-corrected chi connectivity index (χ3v) is 4.83. The highest BCUT2D eigenvalue weighted by Crippen LogP contribution is 2.23. The topological polar surface area (TPSA) is 21.3 Å². The molecule has 3 rings (SSSR count). The number of nitrogens with one attached hydrogen (secondary N) is 1. The summed E-state index contributed by atoms with van der Waals surface area (Å²) in [6.07, 6.45) is 0. The van der Waals surface area contributed by atoms with Crippen LogP contribution in [0.1, 0.15) is 29.7 Å². The van der Waals surface area contributed by atoms with Gasteiger partial charge in [0.1, 0.15) is 12.4 Å². The SMILES string of the molecule is CC(NCc1ccc(OCc2ccc(Cl)cc2Cl)cc1)c1ccccc1. The zero-order chi connectivity index (χ0) is 18.4. The van der Waals surface area contributed by atoms with E-state index in [1.807, 2.05) is 30.3 Å². The van der Waals surface area contributed by atoms with E-state index in [0.29, 0.717) is 22.7 Å². The molecular weight excluding hydrogens is 365 g/mol. The van der Waals surface area contributed by atoms with Crippen LogP contribution in [0, 0.1) is 0 Å². The molecule has 0 fully saturated rings. The van der Waals surface area contributed by atoms with Crippen LogP contribution >= 0.6 is 23.2 Å². The van der Waals surface area contributed by atoms with Gasteiger partial charge < -0.3 is 10.1 Å². The van der Waals surface area contributed by atoms with Crippen molar-refractivity contribution in [2.45, 2.75) is 26.1 Å². The average molecular weight is 386 g/mol. The lowest BCUT2D eigenvalue weighted by atomic mass is 10.1. The number of ether oxygens (including phenoxy) is 1. The molecule has 0 bridgehead atoms. The smallest absolute Gasteiger partial charge is 0.119 e. The van der Waals surface area contributed by atoms with Gasteiger partial charge in [0.2, 0.25) is 0 Å². The monoisotopic (exact) mass is 385 g/mol. The quantitative estimate of drug-likeness (QED) is 0.506. The summed E-state index contributed by atoms with van der Waals surface area (Å²) in [4.78, 5) is 0. The van der Waals surface area contributed by atoms with Crippen molar-refractivity contribution < 1.29 is 4.74 Å². The van der Waals surface area contributed by atoms with E-state index in [4.69, 9.17) is 27.9 Å². The second-order valence-electron chi connectivity index (χ2n) is 6.18. The molecular formula is C22H21Cl2NO. The van der Waals surface area contributed by atoms with E-state index in [1.165, 1.54) is 11.1 Å². The van der Waals surface area contributed by atoms with E-state index < -0.39 is 0 Å². The predicted octanol–water partition coefficient (Wildman–Crippen LogP) is 6.42. The minimum Gasteiger partial charge on any atom is -0.489 e. The van der Waals surface area contributed by atoms with Gasteiger partial charge >= 0.3 is 0 Å². The van der Waals surface area contributed by atoms with Gasteiger partial charge in [-0.2, -0.15) is 0 Å². The molecule has 2 nitrogen and oxygen atoms in total. The zero-order valence-corrected chi connectivity index (χ0v) is 16.1. The normalized spacial score (nSPS) is 12.0. The minimum atomic E-state index is 0.305. The molecule has 0 aliphatic carbocycles. The Bertz CT molecular complexity index is 835. The van der Waals surface area contributed by atoms with E-state index in [0.717, 1.165) is 17.9 Å². The van der Waals surface area contributed by atoms with Crippen molar-refractivity contribution in [1.29, 1.82) is 0 Å². The van der Waals surface area contributed by atoms with Crippen molar-refractivity contribution in [1.82, 2.24) is 5.32 Å². The molecule has 0 saturated carbocycles. The van der Waals surface area contributed by atoms with E-state index in [9.17, 15) is 0 Å². The molecule has 0 aliphatic heterocycles. The van der Waals surface area contributed by atoms with E-state index in [1.54, 1.807) is 6.07 Å². The Hall–Kier alpha value is -2.00. The zero-order valence-electron chi connectivity index (χ0n) is 14.6. The largest absolute Gasteiger partial charge is 0.489 e. The first-order valence-electron chi connectivity index (χ1n) is 8.56. The molecule has 0 radical (unpaired) electrons. The van der Waals surface area contributed by atoms with Crippen LogP contribution in [-0.4, -0.2) is 0 Å². The van der Waals surface area contributed by atoms with Crippen LogP contribution in [0.5, 0.6) is 5.75 Å². The Balaban J connectivity index is 1.52. The van der Waals surface area contributed by atoms with Crippen LogP contribution in [0.15, 0.2) is 72.8 Å². The van der Waals surface area contributed by atoms with Crippen molar-refractivity contribution in [3.8, 4) is 5.75 Å². The lowest BCUT2D eigenvalue weighted by Crippen LogP contribution is -2.17. The van der Waals surface area contributed by atoms with Crippen LogP contribution in [-0.2, 0) is 13.2 Å². The van der Waals surface area contributed by atoms with Crippen LogP contribution < -0.4 is 10.1 Å². The minimum absolute atomic E-state index is 0.305. The van der Waals surface area contributed by atoms with Gasteiger partial charge in [0.05, 0.1) is 0 Å².